The molecule has 116 valence electrons. The third-order valence-corrected chi connectivity index (χ3v) is 5.07. The Labute approximate surface area is 124 Å². The van der Waals surface area contributed by atoms with Crippen LogP contribution < -0.4 is 5.32 Å². The second kappa shape index (κ2) is 6.01. The van der Waals surface area contributed by atoms with Gasteiger partial charge in [-0.3, -0.25) is 0 Å². The minimum absolute atomic E-state index is 0.201. The van der Waals surface area contributed by atoms with Crippen LogP contribution in [0.25, 0.3) is 0 Å². The molecule has 0 bridgehead atoms. The zero-order valence-electron chi connectivity index (χ0n) is 12.5. The van der Waals surface area contributed by atoms with Gasteiger partial charge in [-0.05, 0) is 49.8 Å². The summed E-state index contributed by atoms with van der Waals surface area (Å²) in [6.45, 7) is 3.59. The lowest BCUT2D eigenvalue weighted by molar-refractivity contribution is -0.142. The summed E-state index contributed by atoms with van der Waals surface area (Å²) in [5.41, 5.74) is 0.132. The molecule has 0 aromatic heterocycles. The van der Waals surface area contributed by atoms with Crippen molar-refractivity contribution >= 4 is 0 Å². The van der Waals surface area contributed by atoms with E-state index >= 15 is 0 Å². The van der Waals surface area contributed by atoms with E-state index in [0.717, 1.165) is 44.2 Å². The Kier molecular flexibility index (Phi) is 4.27. The van der Waals surface area contributed by atoms with Crippen molar-refractivity contribution in [3.63, 3.8) is 0 Å². The van der Waals surface area contributed by atoms with Crippen molar-refractivity contribution in [2.45, 2.75) is 50.7 Å². The SMILES string of the molecule is CCC1CCC2(CC1)CNCC(c1cc(F)ccc1F)O2. The van der Waals surface area contributed by atoms with Crippen molar-refractivity contribution in [2.75, 3.05) is 13.1 Å². The van der Waals surface area contributed by atoms with Crippen molar-refractivity contribution in [3.05, 3.63) is 35.4 Å². The average molecular weight is 295 g/mol. The molecule has 2 fully saturated rings. The summed E-state index contributed by atoms with van der Waals surface area (Å²) in [5.74, 6) is -0.0164. The van der Waals surface area contributed by atoms with Gasteiger partial charge in [0.05, 0.1) is 11.7 Å². The average Bonchev–Trinajstić information content (AvgIpc) is 2.51. The van der Waals surface area contributed by atoms with Crippen LogP contribution in [0.5, 0.6) is 0 Å². The highest BCUT2D eigenvalue weighted by Crippen LogP contribution is 2.41. The maximum atomic E-state index is 14.0. The number of nitrogens with one attached hydrogen (secondary N) is 1. The smallest absolute Gasteiger partial charge is 0.129 e. The molecule has 1 aromatic carbocycles. The molecule has 0 radical (unpaired) electrons. The standard InChI is InChI=1S/C17H23F2NO/c1-2-12-5-7-17(8-6-12)11-20-10-16(21-17)14-9-13(18)3-4-15(14)19/h3-4,9,12,16,20H,2,5-8,10-11H2,1H3. The highest BCUT2D eigenvalue weighted by Gasteiger charge is 2.41. The van der Waals surface area contributed by atoms with Crippen LogP contribution in [0.1, 0.15) is 50.7 Å². The molecule has 1 N–H and O–H groups in total. The van der Waals surface area contributed by atoms with Crippen molar-refractivity contribution in [1.29, 1.82) is 0 Å². The zero-order valence-corrected chi connectivity index (χ0v) is 12.5. The van der Waals surface area contributed by atoms with E-state index in [4.69, 9.17) is 4.74 Å². The number of morpholine rings is 1. The van der Waals surface area contributed by atoms with E-state index in [2.05, 4.69) is 12.2 Å². The van der Waals surface area contributed by atoms with Gasteiger partial charge in [0, 0.05) is 18.7 Å². The fourth-order valence-electron chi connectivity index (χ4n) is 3.66. The lowest BCUT2D eigenvalue weighted by atomic mass is 9.77. The van der Waals surface area contributed by atoms with E-state index in [9.17, 15) is 8.78 Å². The fraction of sp³-hybridized carbons (Fsp3) is 0.647. The summed E-state index contributed by atoms with van der Waals surface area (Å²) in [7, 11) is 0. The van der Waals surface area contributed by atoms with Crippen LogP contribution in [0.2, 0.25) is 0 Å². The molecule has 1 aliphatic carbocycles. The van der Waals surface area contributed by atoms with E-state index in [0.29, 0.717) is 12.1 Å². The minimum Gasteiger partial charge on any atom is -0.364 e. The van der Waals surface area contributed by atoms with Gasteiger partial charge in [-0.15, -0.1) is 0 Å². The molecule has 1 aromatic rings. The number of ether oxygens (including phenoxy) is 1. The van der Waals surface area contributed by atoms with Gasteiger partial charge in [-0.25, -0.2) is 8.78 Å². The van der Waals surface area contributed by atoms with Gasteiger partial charge in [-0.1, -0.05) is 13.3 Å². The normalized spacial score (nSPS) is 33.3. The van der Waals surface area contributed by atoms with Gasteiger partial charge in [0.1, 0.15) is 11.6 Å². The highest BCUT2D eigenvalue weighted by atomic mass is 19.1. The molecule has 1 saturated heterocycles. The second-order valence-corrected chi connectivity index (χ2v) is 6.44. The minimum atomic E-state index is -0.413. The molecule has 1 spiro atoms. The molecule has 2 nitrogen and oxygen atoms in total. The van der Waals surface area contributed by atoms with E-state index in [1.165, 1.54) is 18.6 Å². The molecule has 1 aliphatic heterocycles. The molecule has 1 unspecified atom stereocenters. The summed E-state index contributed by atoms with van der Waals surface area (Å²) in [5, 5.41) is 3.36. The predicted molar refractivity (Wildman–Crippen MR) is 78.0 cm³/mol. The lowest BCUT2D eigenvalue weighted by Gasteiger charge is -2.46. The first-order valence-electron chi connectivity index (χ1n) is 7.95. The van der Waals surface area contributed by atoms with Crippen molar-refractivity contribution < 1.29 is 13.5 Å². The van der Waals surface area contributed by atoms with Crippen molar-refractivity contribution in [2.24, 2.45) is 5.92 Å². The second-order valence-electron chi connectivity index (χ2n) is 6.44. The van der Waals surface area contributed by atoms with Crippen molar-refractivity contribution in [1.82, 2.24) is 5.32 Å². The summed E-state index contributed by atoms with van der Waals surface area (Å²) >= 11 is 0. The van der Waals surface area contributed by atoms with Gasteiger partial charge in [0.25, 0.3) is 0 Å². The summed E-state index contributed by atoms with van der Waals surface area (Å²) in [6, 6.07) is 3.60. The van der Waals surface area contributed by atoms with Gasteiger partial charge in [0.15, 0.2) is 0 Å². The van der Waals surface area contributed by atoms with Crippen LogP contribution in [-0.2, 0) is 4.74 Å². The van der Waals surface area contributed by atoms with E-state index < -0.39 is 11.9 Å². The van der Waals surface area contributed by atoms with Crippen LogP contribution in [0, 0.1) is 17.6 Å². The number of halogens is 2. The molecule has 1 saturated carbocycles. The molecule has 1 heterocycles. The maximum Gasteiger partial charge on any atom is 0.129 e. The third-order valence-electron chi connectivity index (χ3n) is 5.07. The van der Waals surface area contributed by atoms with Crippen LogP contribution in [0.3, 0.4) is 0 Å². The van der Waals surface area contributed by atoms with Gasteiger partial charge < -0.3 is 10.1 Å². The number of rotatable bonds is 2. The first-order chi connectivity index (χ1) is 10.1. The number of hydrogen-bond donors (Lipinski definition) is 1. The quantitative estimate of drug-likeness (QED) is 0.891. The van der Waals surface area contributed by atoms with Crippen LogP contribution in [0.4, 0.5) is 8.78 Å². The van der Waals surface area contributed by atoms with Gasteiger partial charge >= 0.3 is 0 Å². The molecule has 1 atom stereocenters. The molecule has 4 heteroatoms. The third kappa shape index (κ3) is 3.11. The Bertz CT molecular complexity index is 498. The summed E-state index contributed by atoms with van der Waals surface area (Å²) < 4.78 is 33.6. The van der Waals surface area contributed by atoms with Crippen molar-refractivity contribution in [3.8, 4) is 0 Å². The predicted octanol–water partition coefficient (Wildman–Crippen LogP) is 3.96. The Hall–Kier alpha value is -1.00. The van der Waals surface area contributed by atoms with E-state index in [1.54, 1.807) is 0 Å². The van der Waals surface area contributed by atoms with Crippen LogP contribution in [0.15, 0.2) is 18.2 Å². The molecular formula is C17H23F2NO. The fourth-order valence-corrected chi connectivity index (χ4v) is 3.66. The zero-order chi connectivity index (χ0) is 14.9. The molecule has 3 rings (SSSR count). The molecule has 21 heavy (non-hydrogen) atoms. The Morgan fingerprint density at radius 2 is 2.05 bits per heavy atom. The number of hydrogen-bond acceptors (Lipinski definition) is 2. The summed E-state index contributed by atoms with van der Waals surface area (Å²) in [6.07, 6.45) is 5.16. The maximum absolute atomic E-state index is 14.0. The number of benzene rings is 1. The first kappa shape index (κ1) is 14.9. The topological polar surface area (TPSA) is 21.3 Å². The Morgan fingerprint density at radius 3 is 2.76 bits per heavy atom. The molecule has 2 aliphatic rings. The Morgan fingerprint density at radius 1 is 1.29 bits per heavy atom. The van der Waals surface area contributed by atoms with E-state index in [1.807, 2.05) is 0 Å². The molecular weight excluding hydrogens is 272 g/mol. The monoisotopic (exact) mass is 295 g/mol. The Balaban J connectivity index is 1.75. The first-order valence-corrected chi connectivity index (χ1v) is 7.95. The van der Waals surface area contributed by atoms with E-state index in [-0.39, 0.29) is 11.4 Å². The van der Waals surface area contributed by atoms with Gasteiger partial charge in [0.2, 0.25) is 0 Å². The van der Waals surface area contributed by atoms with Crippen LogP contribution >= 0.6 is 0 Å². The van der Waals surface area contributed by atoms with Crippen LogP contribution in [-0.4, -0.2) is 18.7 Å². The highest BCUT2D eigenvalue weighted by molar-refractivity contribution is 5.22. The molecule has 0 amide bonds. The summed E-state index contributed by atoms with van der Waals surface area (Å²) in [4.78, 5) is 0. The van der Waals surface area contributed by atoms with Gasteiger partial charge in [-0.2, -0.15) is 0 Å². The largest absolute Gasteiger partial charge is 0.364 e. The lowest BCUT2D eigenvalue weighted by Crippen LogP contribution is -2.52.